The number of nitriles is 1. The molecule has 1 unspecified atom stereocenters. The maximum atomic E-state index is 8.60. The minimum atomic E-state index is 0.398. The predicted octanol–water partition coefficient (Wildman–Crippen LogP) is 1.27. The molecule has 14 heavy (non-hydrogen) atoms. The number of nitrogens with one attached hydrogen (secondary N) is 2. The average molecular weight is 195 g/mol. The van der Waals surface area contributed by atoms with Crippen molar-refractivity contribution in [2.24, 2.45) is 5.92 Å². The monoisotopic (exact) mass is 195 g/mol. The summed E-state index contributed by atoms with van der Waals surface area (Å²) in [6.45, 7) is 5.53. The minimum Gasteiger partial charge on any atom is -0.317 e. The van der Waals surface area contributed by atoms with Crippen molar-refractivity contribution in [1.82, 2.24) is 10.6 Å². The molecule has 80 valence electrons. The highest BCUT2D eigenvalue weighted by molar-refractivity contribution is 4.81. The van der Waals surface area contributed by atoms with Crippen molar-refractivity contribution >= 4 is 0 Å². The fourth-order valence-electron chi connectivity index (χ4n) is 1.89. The molecule has 1 heterocycles. The average Bonchev–Trinajstić information content (AvgIpc) is 2.25. The van der Waals surface area contributed by atoms with E-state index >= 15 is 0 Å². The molecule has 0 radical (unpaired) electrons. The number of piperidine rings is 1. The van der Waals surface area contributed by atoms with Gasteiger partial charge in [0.15, 0.2) is 0 Å². The van der Waals surface area contributed by atoms with Crippen molar-refractivity contribution in [3.8, 4) is 6.07 Å². The van der Waals surface area contributed by atoms with E-state index in [1.165, 1.54) is 12.8 Å². The first-order valence-electron chi connectivity index (χ1n) is 5.67. The van der Waals surface area contributed by atoms with Crippen molar-refractivity contribution in [3.05, 3.63) is 0 Å². The van der Waals surface area contributed by atoms with Crippen LogP contribution in [-0.4, -0.2) is 25.7 Å². The second kappa shape index (κ2) is 6.80. The van der Waals surface area contributed by atoms with Crippen LogP contribution in [0.2, 0.25) is 0 Å². The summed E-state index contributed by atoms with van der Waals surface area (Å²) >= 11 is 0. The standard InChI is InChI=1S/C11H21N3/c1-2-11(3-6-12)14-9-10-4-7-13-8-5-10/h10-11,13-14H,2-5,7-9H2,1H3. The largest absolute Gasteiger partial charge is 0.317 e. The molecule has 0 saturated carbocycles. The van der Waals surface area contributed by atoms with E-state index in [2.05, 4.69) is 23.6 Å². The zero-order valence-corrected chi connectivity index (χ0v) is 9.05. The van der Waals surface area contributed by atoms with Crippen molar-refractivity contribution in [1.29, 1.82) is 5.26 Å². The van der Waals surface area contributed by atoms with Crippen LogP contribution in [0.5, 0.6) is 0 Å². The Labute approximate surface area is 86.9 Å². The first kappa shape index (κ1) is 11.5. The normalized spacial score (nSPS) is 20.3. The molecule has 1 rings (SSSR count). The molecule has 0 aromatic carbocycles. The van der Waals surface area contributed by atoms with Crippen LogP contribution in [0.3, 0.4) is 0 Å². The second-order valence-electron chi connectivity index (χ2n) is 4.07. The number of nitrogens with zero attached hydrogens (tertiary/aromatic N) is 1. The van der Waals surface area contributed by atoms with E-state index in [9.17, 15) is 0 Å². The van der Waals surface area contributed by atoms with Gasteiger partial charge in [0, 0.05) is 6.04 Å². The summed E-state index contributed by atoms with van der Waals surface area (Å²) in [6, 6.07) is 2.63. The molecule has 0 aromatic rings. The van der Waals surface area contributed by atoms with Gasteiger partial charge in [0.25, 0.3) is 0 Å². The maximum absolute atomic E-state index is 8.60. The van der Waals surface area contributed by atoms with Crippen LogP contribution in [0.1, 0.15) is 32.6 Å². The first-order valence-corrected chi connectivity index (χ1v) is 5.67. The zero-order chi connectivity index (χ0) is 10.2. The second-order valence-corrected chi connectivity index (χ2v) is 4.07. The van der Waals surface area contributed by atoms with E-state index in [0.717, 1.165) is 32.0 Å². The van der Waals surface area contributed by atoms with E-state index in [1.54, 1.807) is 0 Å². The molecule has 1 saturated heterocycles. The quantitative estimate of drug-likeness (QED) is 0.694. The van der Waals surface area contributed by atoms with Crippen LogP contribution < -0.4 is 10.6 Å². The van der Waals surface area contributed by atoms with E-state index in [1.807, 2.05) is 0 Å². The van der Waals surface area contributed by atoms with Gasteiger partial charge in [-0.1, -0.05) is 6.92 Å². The summed E-state index contributed by atoms with van der Waals surface area (Å²) < 4.78 is 0. The van der Waals surface area contributed by atoms with E-state index in [-0.39, 0.29) is 0 Å². The Hall–Kier alpha value is -0.590. The van der Waals surface area contributed by atoms with Gasteiger partial charge in [-0.2, -0.15) is 5.26 Å². The van der Waals surface area contributed by atoms with Crippen LogP contribution in [0.4, 0.5) is 0 Å². The lowest BCUT2D eigenvalue weighted by molar-refractivity contribution is 0.337. The third kappa shape index (κ3) is 4.08. The SMILES string of the molecule is CCC(CC#N)NCC1CCNCC1. The molecule has 3 heteroatoms. The molecule has 0 aliphatic carbocycles. The van der Waals surface area contributed by atoms with Gasteiger partial charge in [0.05, 0.1) is 12.5 Å². The highest BCUT2D eigenvalue weighted by Crippen LogP contribution is 2.10. The summed E-state index contributed by atoms with van der Waals surface area (Å²) in [5.74, 6) is 0.809. The molecule has 0 amide bonds. The van der Waals surface area contributed by atoms with Gasteiger partial charge in [-0.3, -0.25) is 0 Å². The Balaban J connectivity index is 2.14. The lowest BCUT2D eigenvalue weighted by atomic mass is 9.97. The van der Waals surface area contributed by atoms with Gasteiger partial charge in [-0.05, 0) is 44.8 Å². The molecule has 1 aliphatic rings. The Morgan fingerprint density at radius 2 is 2.21 bits per heavy atom. The first-order chi connectivity index (χ1) is 6.86. The van der Waals surface area contributed by atoms with Gasteiger partial charge in [-0.25, -0.2) is 0 Å². The molecule has 2 N–H and O–H groups in total. The number of rotatable bonds is 5. The van der Waals surface area contributed by atoms with E-state index in [0.29, 0.717) is 12.5 Å². The Morgan fingerprint density at radius 3 is 2.79 bits per heavy atom. The van der Waals surface area contributed by atoms with E-state index < -0.39 is 0 Å². The summed E-state index contributed by atoms with van der Waals surface area (Å²) in [6.07, 6.45) is 4.24. The van der Waals surface area contributed by atoms with Crippen LogP contribution in [0, 0.1) is 17.2 Å². The van der Waals surface area contributed by atoms with Crippen LogP contribution in [0.25, 0.3) is 0 Å². The van der Waals surface area contributed by atoms with Gasteiger partial charge >= 0.3 is 0 Å². The fraction of sp³-hybridized carbons (Fsp3) is 0.909. The molecule has 0 spiro atoms. The summed E-state index contributed by atoms with van der Waals surface area (Å²) in [7, 11) is 0. The molecular weight excluding hydrogens is 174 g/mol. The number of hydrogen-bond acceptors (Lipinski definition) is 3. The van der Waals surface area contributed by atoms with Crippen molar-refractivity contribution in [3.63, 3.8) is 0 Å². The molecule has 3 nitrogen and oxygen atoms in total. The molecule has 1 aliphatic heterocycles. The van der Waals surface area contributed by atoms with Crippen LogP contribution in [-0.2, 0) is 0 Å². The third-order valence-electron chi connectivity index (χ3n) is 2.98. The predicted molar refractivity (Wildman–Crippen MR) is 57.9 cm³/mol. The van der Waals surface area contributed by atoms with Gasteiger partial charge in [0.1, 0.15) is 0 Å². The fourth-order valence-corrected chi connectivity index (χ4v) is 1.89. The minimum absolute atomic E-state index is 0.398. The summed E-state index contributed by atoms with van der Waals surface area (Å²) in [4.78, 5) is 0. The topological polar surface area (TPSA) is 47.9 Å². The molecule has 0 aromatic heterocycles. The molecular formula is C11H21N3. The van der Waals surface area contributed by atoms with Gasteiger partial charge in [-0.15, -0.1) is 0 Å². The van der Waals surface area contributed by atoms with Crippen LogP contribution in [0.15, 0.2) is 0 Å². The lowest BCUT2D eigenvalue weighted by Crippen LogP contribution is -2.37. The summed E-state index contributed by atoms with van der Waals surface area (Å²) in [5, 5.41) is 15.5. The maximum Gasteiger partial charge on any atom is 0.0638 e. The van der Waals surface area contributed by atoms with Crippen LogP contribution >= 0.6 is 0 Å². The molecule has 1 atom stereocenters. The zero-order valence-electron chi connectivity index (χ0n) is 9.05. The highest BCUT2D eigenvalue weighted by Gasteiger charge is 2.14. The Morgan fingerprint density at radius 1 is 1.50 bits per heavy atom. The van der Waals surface area contributed by atoms with Gasteiger partial charge < -0.3 is 10.6 Å². The Kier molecular flexibility index (Phi) is 5.58. The van der Waals surface area contributed by atoms with Crippen molar-refractivity contribution < 1.29 is 0 Å². The smallest absolute Gasteiger partial charge is 0.0638 e. The van der Waals surface area contributed by atoms with Gasteiger partial charge in [0.2, 0.25) is 0 Å². The molecule has 1 fully saturated rings. The number of hydrogen-bond donors (Lipinski definition) is 2. The highest BCUT2D eigenvalue weighted by atomic mass is 14.9. The van der Waals surface area contributed by atoms with Crippen molar-refractivity contribution in [2.75, 3.05) is 19.6 Å². The Bertz CT molecular complexity index is 179. The van der Waals surface area contributed by atoms with E-state index in [4.69, 9.17) is 5.26 Å². The lowest BCUT2D eigenvalue weighted by Gasteiger charge is -2.24. The van der Waals surface area contributed by atoms with Crippen molar-refractivity contribution in [2.45, 2.75) is 38.6 Å². The third-order valence-corrected chi connectivity index (χ3v) is 2.98. The summed E-state index contributed by atoms with van der Waals surface area (Å²) in [5.41, 5.74) is 0. The molecule has 0 bridgehead atoms.